The van der Waals surface area contributed by atoms with Crippen molar-refractivity contribution in [3.05, 3.63) is 29.6 Å². The van der Waals surface area contributed by atoms with Crippen molar-refractivity contribution in [3.8, 4) is 0 Å². The molecule has 1 rings (SSSR count). The van der Waals surface area contributed by atoms with Gasteiger partial charge >= 0.3 is 6.09 Å². The largest absolute Gasteiger partial charge is 0.444 e. The highest BCUT2D eigenvalue weighted by atomic mass is 16.6. The number of hydrogen-bond donors (Lipinski definition) is 2. The minimum atomic E-state index is -0.500. The minimum Gasteiger partial charge on any atom is -0.444 e. The fourth-order valence-electron chi connectivity index (χ4n) is 1.24. The van der Waals surface area contributed by atoms with Crippen molar-refractivity contribution in [1.29, 1.82) is 0 Å². The number of hydrogen-bond acceptors (Lipinski definition) is 5. The summed E-state index contributed by atoms with van der Waals surface area (Å²) in [4.78, 5) is 15.5. The van der Waals surface area contributed by atoms with Gasteiger partial charge in [-0.15, -0.1) is 0 Å². The molecule has 0 bridgehead atoms. The van der Waals surface area contributed by atoms with Gasteiger partial charge in [0.2, 0.25) is 0 Å². The third kappa shape index (κ3) is 5.29. The average molecular weight is 250 g/mol. The molecule has 0 aliphatic rings. The van der Waals surface area contributed by atoms with Crippen LogP contribution in [0.2, 0.25) is 0 Å². The molecule has 1 aromatic heterocycles. The smallest absolute Gasteiger partial charge is 0.407 e. The van der Waals surface area contributed by atoms with Crippen LogP contribution in [0.1, 0.15) is 32.0 Å². The number of alkyl carbamates (subject to hydrolysis) is 1. The first-order valence-electron chi connectivity index (χ1n) is 5.56. The minimum absolute atomic E-state index is 0.364. The van der Waals surface area contributed by atoms with E-state index in [9.17, 15) is 4.79 Å². The lowest BCUT2D eigenvalue weighted by molar-refractivity contribution is 0.0523. The highest BCUT2D eigenvalue weighted by Crippen LogP contribution is 2.07. The lowest BCUT2D eigenvalue weighted by Crippen LogP contribution is -2.32. The average Bonchev–Trinajstić information content (AvgIpc) is 2.25. The van der Waals surface area contributed by atoms with Gasteiger partial charge in [0.05, 0.1) is 11.9 Å². The van der Waals surface area contributed by atoms with Crippen LogP contribution in [0.4, 0.5) is 4.79 Å². The summed E-state index contributed by atoms with van der Waals surface area (Å²) in [6.07, 6.45) is 2.62. The van der Waals surface area contributed by atoms with Crippen LogP contribution in [-0.2, 0) is 11.3 Å². The normalized spacial score (nSPS) is 11.5. The van der Waals surface area contributed by atoms with Gasteiger partial charge in [0.1, 0.15) is 5.60 Å². The second-order valence-electron chi connectivity index (χ2n) is 4.72. The van der Waals surface area contributed by atoms with Crippen LogP contribution in [-0.4, -0.2) is 22.9 Å². The lowest BCUT2D eigenvalue weighted by Gasteiger charge is -2.19. The number of amides is 1. The summed E-state index contributed by atoms with van der Waals surface area (Å²) in [7, 11) is 0. The molecule has 6 nitrogen and oxygen atoms in total. The fraction of sp³-hybridized carbons (Fsp3) is 0.417. The monoisotopic (exact) mass is 250 g/mol. The Morgan fingerprint density at radius 3 is 2.94 bits per heavy atom. The first-order valence-corrected chi connectivity index (χ1v) is 5.56. The molecule has 1 aromatic rings. The van der Waals surface area contributed by atoms with Gasteiger partial charge in [-0.05, 0) is 38.5 Å². The van der Waals surface area contributed by atoms with E-state index >= 15 is 0 Å². The van der Waals surface area contributed by atoms with Crippen molar-refractivity contribution in [2.24, 2.45) is 10.9 Å². The summed E-state index contributed by atoms with van der Waals surface area (Å²) in [5.74, 6) is 5.04. The van der Waals surface area contributed by atoms with Crippen LogP contribution < -0.4 is 11.2 Å². The number of nitrogens with one attached hydrogen (secondary N) is 1. The molecule has 0 saturated heterocycles. The van der Waals surface area contributed by atoms with E-state index in [-0.39, 0.29) is 0 Å². The first-order chi connectivity index (χ1) is 8.40. The molecule has 0 fully saturated rings. The van der Waals surface area contributed by atoms with Gasteiger partial charge in [-0.25, -0.2) is 4.79 Å². The van der Waals surface area contributed by atoms with Crippen molar-refractivity contribution in [1.82, 2.24) is 10.3 Å². The van der Waals surface area contributed by atoms with Crippen molar-refractivity contribution in [3.63, 3.8) is 0 Å². The van der Waals surface area contributed by atoms with E-state index in [1.54, 1.807) is 18.3 Å². The number of hydrazone groups is 1. The Bertz CT molecular complexity index is 438. The van der Waals surface area contributed by atoms with Gasteiger partial charge in [-0.2, -0.15) is 5.10 Å². The Morgan fingerprint density at radius 1 is 1.61 bits per heavy atom. The number of ether oxygens (including phenoxy) is 1. The molecule has 0 aliphatic carbocycles. The lowest BCUT2D eigenvalue weighted by atomic mass is 10.2. The quantitative estimate of drug-likeness (QED) is 0.482. The van der Waals surface area contributed by atoms with E-state index in [4.69, 9.17) is 10.6 Å². The standard InChI is InChI=1S/C12H18N4O2/c1-12(2,3)18-11(17)15-7-9-4-5-14-10(6-9)8-16-13/h4-6,8H,7,13H2,1-3H3,(H,15,17). The summed E-state index contributed by atoms with van der Waals surface area (Å²) >= 11 is 0. The van der Waals surface area contributed by atoms with Crippen LogP contribution >= 0.6 is 0 Å². The predicted octanol–water partition coefficient (Wildman–Crippen LogP) is 1.40. The van der Waals surface area contributed by atoms with Crippen molar-refractivity contribution in [2.45, 2.75) is 32.9 Å². The molecule has 0 saturated carbocycles. The number of pyridine rings is 1. The highest BCUT2D eigenvalue weighted by Gasteiger charge is 2.15. The van der Waals surface area contributed by atoms with E-state index < -0.39 is 11.7 Å². The van der Waals surface area contributed by atoms with Gasteiger partial charge in [0.25, 0.3) is 0 Å². The number of nitrogens with zero attached hydrogens (tertiary/aromatic N) is 2. The molecule has 0 radical (unpaired) electrons. The van der Waals surface area contributed by atoms with Gasteiger partial charge in [0.15, 0.2) is 0 Å². The molecule has 0 aromatic carbocycles. The van der Waals surface area contributed by atoms with Crippen LogP contribution in [0.15, 0.2) is 23.4 Å². The zero-order valence-corrected chi connectivity index (χ0v) is 10.8. The summed E-state index contributed by atoms with van der Waals surface area (Å²) in [5.41, 5.74) is 1.03. The van der Waals surface area contributed by atoms with E-state index in [1.165, 1.54) is 6.21 Å². The van der Waals surface area contributed by atoms with Gasteiger partial charge in [-0.3, -0.25) is 4.98 Å². The summed E-state index contributed by atoms with van der Waals surface area (Å²) < 4.78 is 5.13. The third-order valence-corrected chi connectivity index (χ3v) is 1.89. The Hall–Kier alpha value is -2.11. The molecule has 0 aliphatic heterocycles. The fourth-order valence-corrected chi connectivity index (χ4v) is 1.24. The molecule has 98 valence electrons. The van der Waals surface area contributed by atoms with Crippen molar-refractivity contribution in [2.75, 3.05) is 0 Å². The second-order valence-corrected chi connectivity index (χ2v) is 4.72. The maximum Gasteiger partial charge on any atom is 0.407 e. The van der Waals surface area contributed by atoms with E-state index in [0.29, 0.717) is 12.2 Å². The zero-order chi connectivity index (χ0) is 13.6. The molecule has 0 unspecified atom stereocenters. The predicted molar refractivity (Wildman–Crippen MR) is 69.1 cm³/mol. The third-order valence-electron chi connectivity index (χ3n) is 1.89. The molecule has 0 spiro atoms. The Balaban J connectivity index is 2.53. The van der Waals surface area contributed by atoms with Crippen LogP contribution in [0.5, 0.6) is 0 Å². The number of carbonyl (C=O) groups excluding carboxylic acids is 1. The Kier molecular flexibility index (Phi) is 4.65. The van der Waals surface area contributed by atoms with Crippen LogP contribution in [0, 0.1) is 0 Å². The molecule has 18 heavy (non-hydrogen) atoms. The Labute approximate surface area is 106 Å². The van der Waals surface area contributed by atoms with Gasteiger partial charge < -0.3 is 15.9 Å². The second kappa shape index (κ2) is 6.00. The molecule has 1 heterocycles. The maximum atomic E-state index is 11.4. The van der Waals surface area contributed by atoms with Gasteiger partial charge in [-0.1, -0.05) is 0 Å². The topological polar surface area (TPSA) is 89.6 Å². The number of nitrogens with two attached hydrogens (primary N) is 1. The van der Waals surface area contributed by atoms with E-state index in [0.717, 1.165) is 5.56 Å². The number of carbonyl (C=O) groups is 1. The van der Waals surface area contributed by atoms with E-state index in [2.05, 4.69) is 15.4 Å². The SMILES string of the molecule is CC(C)(C)OC(=O)NCc1ccnc(C=NN)c1. The molecular formula is C12H18N4O2. The number of rotatable bonds is 3. The molecule has 1 amide bonds. The van der Waals surface area contributed by atoms with Crippen molar-refractivity contribution < 1.29 is 9.53 Å². The van der Waals surface area contributed by atoms with Crippen LogP contribution in [0.25, 0.3) is 0 Å². The molecule has 3 N–H and O–H groups in total. The van der Waals surface area contributed by atoms with Crippen LogP contribution in [0.3, 0.4) is 0 Å². The molecular weight excluding hydrogens is 232 g/mol. The number of aromatic nitrogens is 1. The first kappa shape index (κ1) is 14.0. The van der Waals surface area contributed by atoms with E-state index in [1.807, 2.05) is 20.8 Å². The summed E-state index contributed by atoms with van der Waals surface area (Å²) in [5, 5.41) is 6.05. The zero-order valence-electron chi connectivity index (χ0n) is 10.8. The van der Waals surface area contributed by atoms with Crippen molar-refractivity contribution >= 4 is 12.3 Å². The summed E-state index contributed by atoms with van der Waals surface area (Å²) in [6.45, 7) is 5.81. The Morgan fingerprint density at radius 2 is 2.33 bits per heavy atom. The molecule has 6 heteroatoms. The summed E-state index contributed by atoms with van der Waals surface area (Å²) in [6, 6.07) is 3.58. The molecule has 0 atom stereocenters. The maximum absolute atomic E-state index is 11.4. The van der Waals surface area contributed by atoms with Gasteiger partial charge in [0, 0.05) is 12.7 Å². The highest BCUT2D eigenvalue weighted by molar-refractivity contribution is 5.76.